The highest BCUT2D eigenvalue weighted by Crippen LogP contribution is 2.67. The summed E-state index contributed by atoms with van der Waals surface area (Å²) in [5.74, 6) is 3.37. The number of fused-ring (bicyclic) bond motifs is 7. The molecule has 0 aromatic heterocycles. The van der Waals surface area contributed by atoms with Gasteiger partial charge in [0.2, 0.25) is 5.91 Å². The van der Waals surface area contributed by atoms with Crippen molar-refractivity contribution < 1.29 is 25.0 Å². The molecule has 196 valence electrons. The van der Waals surface area contributed by atoms with E-state index in [1.54, 1.807) is 0 Å². The summed E-state index contributed by atoms with van der Waals surface area (Å²) in [5.41, 5.74) is 2.17. The Bertz CT molecular complexity index is 888. The second kappa shape index (κ2) is 8.54. The third-order valence-electron chi connectivity index (χ3n) is 12.0. The van der Waals surface area contributed by atoms with E-state index in [9.17, 15) is 20.1 Å². The summed E-state index contributed by atoms with van der Waals surface area (Å²) in [6.07, 6.45) is 11.3. The minimum absolute atomic E-state index is 0.0453. The molecule has 1 heterocycles. The zero-order valence-electron chi connectivity index (χ0n) is 21.7. The van der Waals surface area contributed by atoms with Crippen LogP contribution in [0.15, 0.2) is 11.6 Å². The van der Waals surface area contributed by atoms with Crippen LogP contribution in [0.3, 0.4) is 0 Å². The lowest BCUT2D eigenvalue weighted by atomic mass is 9.47. The summed E-state index contributed by atoms with van der Waals surface area (Å²) in [4.78, 5) is 18.6. The quantitative estimate of drug-likeness (QED) is 0.522. The number of aliphatic hydroxyl groups excluding tert-OH is 3. The molecule has 1 unspecified atom stereocenters. The van der Waals surface area contributed by atoms with E-state index in [1.165, 1.54) is 42.7 Å². The summed E-state index contributed by atoms with van der Waals surface area (Å²) in [6, 6.07) is -0.395. The lowest BCUT2D eigenvalue weighted by Gasteiger charge is -2.58. The predicted molar refractivity (Wildman–Crippen MR) is 132 cm³/mol. The molecule has 6 aliphatic rings. The molecule has 6 nitrogen and oxygen atoms in total. The van der Waals surface area contributed by atoms with Crippen LogP contribution in [0.5, 0.6) is 0 Å². The van der Waals surface area contributed by atoms with E-state index in [1.807, 2.05) is 0 Å². The summed E-state index contributed by atoms with van der Waals surface area (Å²) < 4.78 is 0. The molecule has 2 bridgehead atoms. The molecule has 5 fully saturated rings. The van der Waals surface area contributed by atoms with Crippen molar-refractivity contribution in [2.75, 3.05) is 0 Å². The number of carbonyl (C=O) groups excluding carboxylic acids is 1. The van der Waals surface area contributed by atoms with Gasteiger partial charge in [0.25, 0.3) is 0 Å². The Labute approximate surface area is 210 Å². The average Bonchev–Trinajstić information content (AvgIpc) is 3.50. The molecule has 0 radical (unpaired) electrons. The van der Waals surface area contributed by atoms with Crippen LogP contribution >= 0.6 is 0 Å². The number of aliphatic hydroxyl groups is 3. The van der Waals surface area contributed by atoms with Gasteiger partial charge in [-0.3, -0.25) is 9.63 Å². The fourth-order valence-corrected chi connectivity index (χ4v) is 10.1. The standard InChI is InChI=1S/C29H45NO5/c1-16(4-9-25(32)30-23-15-24(35-30)27(34)26(23)33)20-7-8-21-19-6-5-17-14-18(31)10-12-28(17,2)22(19)11-13-29(20,21)3/h5,16,18-24,26-27,31,33-34H,4,6-15H2,1-3H3/t16?,18-,19-,20+,21-,22-,23-,24+,26+,27-,28-,29+/m0/s1. The fraction of sp³-hybridized carbons (Fsp3) is 0.897. The highest BCUT2D eigenvalue weighted by atomic mass is 16.7. The number of carbonyl (C=O) groups is 1. The van der Waals surface area contributed by atoms with Crippen molar-refractivity contribution in [3.63, 3.8) is 0 Å². The molecular weight excluding hydrogens is 442 g/mol. The van der Waals surface area contributed by atoms with Crippen LogP contribution in [0.25, 0.3) is 0 Å². The molecule has 0 aromatic carbocycles. The van der Waals surface area contributed by atoms with Gasteiger partial charge in [-0.05, 0) is 98.2 Å². The van der Waals surface area contributed by atoms with Crippen molar-refractivity contribution in [1.82, 2.24) is 5.06 Å². The van der Waals surface area contributed by atoms with Crippen molar-refractivity contribution in [3.8, 4) is 0 Å². The number of hydroxylamine groups is 2. The molecule has 1 amide bonds. The van der Waals surface area contributed by atoms with Crippen LogP contribution in [0, 0.1) is 40.4 Å². The SMILES string of the molecule is CC(CCC(=O)N1O[C@@H]2C[C@H]1[C@@H](O)[C@H]2O)[C@H]1CC[C@H]2[C@@H]3CC=C4C[C@@H](O)CC[C@]4(C)[C@H]3CC[C@]12C. The zero-order valence-corrected chi connectivity index (χ0v) is 21.7. The van der Waals surface area contributed by atoms with Crippen LogP contribution in [-0.2, 0) is 9.63 Å². The molecule has 0 aromatic rings. The third-order valence-corrected chi connectivity index (χ3v) is 12.0. The normalized spacial score (nSPS) is 51.4. The van der Waals surface area contributed by atoms with Gasteiger partial charge in [-0.25, -0.2) is 5.06 Å². The first-order valence-corrected chi connectivity index (χ1v) is 14.4. The molecule has 12 atom stereocenters. The minimum Gasteiger partial charge on any atom is -0.393 e. The molecule has 6 rings (SSSR count). The Morgan fingerprint density at radius 1 is 1.11 bits per heavy atom. The van der Waals surface area contributed by atoms with Crippen molar-refractivity contribution in [1.29, 1.82) is 0 Å². The molecule has 6 heteroatoms. The summed E-state index contributed by atoms with van der Waals surface area (Å²) in [5, 5.41) is 31.7. The summed E-state index contributed by atoms with van der Waals surface area (Å²) in [6.45, 7) is 7.39. The number of allylic oxidation sites excluding steroid dienone is 1. The first-order chi connectivity index (χ1) is 16.6. The van der Waals surface area contributed by atoms with Crippen molar-refractivity contribution >= 4 is 5.91 Å². The smallest absolute Gasteiger partial charge is 0.246 e. The highest BCUT2D eigenvalue weighted by Gasteiger charge is 2.59. The second-order valence-corrected chi connectivity index (χ2v) is 13.5. The zero-order chi connectivity index (χ0) is 24.7. The van der Waals surface area contributed by atoms with Crippen LogP contribution < -0.4 is 0 Å². The van der Waals surface area contributed by atoms with Crippen LogP contribution in [-0.4, -0.2) is 56.7 Å². The molecule has 1 saturated heterocycles. The molecule has 1 aliphatic heterocycles. The molecule has 5 aliphatic carbocycles. The minimum atomic E-state index is -0.890. The van der Waals surface area contributed by atoms with Crippen molar-refractivity contribution in [3.05, 3.63) is 11.6 Å². The molecule has 3 N–H and O–H groups in total. The maximum Gasteiger partial charge on any atom is 0.246 e. The first kappa shape index (κ1) is 24.4. The van der Waals surface area contributed by atoms with Gasteiger partial charge in [0.15, 0.2) is 0 Å². The molecule has 0 spiro atoms. The van der Waals surface area contributed by atoms with Crippen molar-refractivity contribution in [2.45, 2.75) is 122 Å². The Hall–Kier alpha value is -0.950. The van der Waals surface area contributed by atoms with Gasteiger partial charge in [-0.15, -0.1) is 0 Å². The van der Waals surface area contributed by atoms with Gasteiger partial charge in [-0.1, -0.05) is 32.4 Å². The largest absolute Gasteiger partial charge is 0.393 e. The summed E-state index contributed by atoms with van der Waals surface area (Å²) >= 11 is 0. The van der Waals surface area contributed by atoms with Gasteiger partial charge in [0.1, 0.15) is 18.3 Å². The van der Waals surface area contributed by atoms with Gasteiger partial charge in [0, 0.05) is 12.8 Å². The van der Waals surface area contributed by atoms with Crippen LogP contribution in [0.1, 0.15) is 91.4 Å². The lowest BCUT2D eigenvalue weighted by molar-refractivity contribution is -0.239. The first-order valence-electron chi connectivity index (χ1n) is 14.4. The van der Waals surface area contributed by atoms with E-state index >= 15 is 0 Å². The van der Waals surface area contributed by atoms with Gasteiger partial charge < -0.3 is 15.3 Å². The third kappa shape index (κ3) is 3.60. The Kier molecular flexibility index (Phi) is 5.95. The summed E-state index contributed by atoms with van der Waals surface area (Å²) in [7, 11) is 0. The van der Waals surface area contributed by atoms with Gasteiger partial charge in [0.05, 0.1) is 12.1 Å². The van der Waals surface area contributed by atoms with E-state index in [2.05, 4.69) is 26.8 Å². The van der Waals surface area contributed by atoms with E-state index in [-0.39, 0.29) is 17.4 Å². The second-order valence-electron chi connectivity index (χ2n) is 13.5. The maximum absolute atomic E-state index is 12.9. The van der Waals surface area contributed by atoms with Crippen LogP contribution in [0.4, 0.5) is 0 Å². The van der Waals surface area contributed by atoms with Crippen LogP contribution in [0.2, 0.25) is 0 Å². The maximum atomic E-state index is 12.9. The molecule has 4 saturated carbocycles. The predicted octanol–water partition coefficient (Wildman–Crippen LogP) is 3.98. The fourth-order valence-electron chi connectivity index (χ4n) is 10.1. The Morgan fingerprint density at radius 3 is 2.66 bits per heavy atom. The monoisotopic (exact) mass is 487 g/mol. The number of amides is 1. The van der Waals surface area contributed by atoms with E-state index in [4.69, 9.17) is 4.84 Å². The number of hydrogen-bond donors (Lipinski definition) is 3. The number of hydrogen-bond acceptors (Lipinski definition) is 5. The number of rotatable bonds is 4. The van der Waals surface area contributed by atoms with E-state index < -0.39 is 24.4 Å². The Morgan fingerprint density at radius 2 is 1.91 bits per heavy atom. The van der Waals surface area contributed by atoms with E-state index in [0.717, 1.165) is 43.4 Å². The molecular formula is C29H45NO5. The van der Waals surface area contributed by atoms with Crippen molar-refractivity contribution in [2.24, 2.45) is 40.4 Å². The lowest BCUT2D eigenvalue weighted by Crippen LogP contribution is -2.51. The average molecular weight is 488 g/mol. The highest BCUT2D eigenvalue weighted by molar-refractivity contribution is 5.76. The number of nitrogens with zero attached hydrogens (tertiary/aromatic N) is 1. The van der Waals surface area contributed by atoms with Gasteiger partial charge in [-0.2, -0.15) is 0 Å². The Balaban J connectivity index is 1.10. The van der Waals surface area contributed by atoms with E-state index in [0.29, 0.717) is 30.1 Å². The van der Waals surface area contributed by atoms with Gasteiger partial charge >= 0.3 is 0 Å². The molecule has 35 heavy (non-hydrogen) atoms. The topological polar surface area (TPSA) is 90.2 Å².